The summed E-state index contributed by atoms with van der Waals surface area (Å²) >= 11 is 1.97. The Bertz CT molecular complexity index is 445. The summed E-state index contributed by atoms with van der Waals surface area (Å²) < 4.78 is 0.678. The largest absolute Gasteiger partial charge is 0.507 e. The predicted molar refractivity (Wildman–Crippen MR) is 73.1 cm³/mol. The van der Waals surface area contributed by atoms with Gasteiger partial charge in [0.1, 0.15) is 5.75 Å². The maximum absolute atomic E-state index is 11.8. The molecule has 0 spiro atoms. The van der Waals surface area contributed by atoms with E-state index in [1.165, 1.54) is 6.07 Å². The summed E-state index contributed by atoms with van der Waals surface area (Å²) in [5, 5.41) is 12.1. The van der Waals surface area contributed by atoms with Crippen LogP contribution < -0.4 is 5.32 Å². The zero-order valence-electron chi connectivity index (χ0n) is 9.66. The number of phenols is 1. The maximum atomic E-state index is 11.8. The van der Waals surface area contributed by atoms with Gasteiger partial charge in [-0.3, -0.25) is 9.59 Å². The zero-order valence-corrected chi connectivity index (χ0v) is 11.8. The molecule has 1 unspecified atom stereocenters. The monoisotopic (exact) mass is 347 g/mol. The van der Waals surface area contributed by atoms with Crippen LogP contribution in [0.15, 0.2) is 18.2 Å². The van der Waals surface area contributed by atoms with Gasteiger partial charge in [-0.2, -0.15) is 0 Å². The third-order valence-corrected chi connectivity index (χ3v) is 3.30. The normalized spacial score (nSPS) is 11.9. The molecule has 0 heterocycles. The van der Waals surface area contributed by atoms with Crippen molar-refractivity contribution >= 4 is 34.3 Å². The lowest BCUT2D eigenvalue weighted by atomic mass is 10.1. The number of carbonyl (C=O) groups is 2. The Hall–Kier alpha value is -1.11. The first-order chi connectivity index (χ1) is 7.95. The first kappa shape index (κ1) is 14.0. The third-order valence-electron chi connectivity index (χ3n) is 2.39. The summed E-state index contributed by atoms with van der Waals surface area (Å²) in [6.07, 6.45) is 0.388. The number of aromatic hydroxyl groups is 1. The third kappa shape index (κ3) is 3.69. The highest BCUT2D eigenvalue weighted by atomic mass is 127. The lowest BCUT2D eigenvalue weighted by Crippen LogP contribution is -2.38. The average molecular weight is 347 g/mol. The number of Topliss-reactive ketones (excluding diaryl/α,β-unsaturated/α-hetero) is 1. The molecule has 2 N–H and O–H groups in total. The molecule has 17 heavy (non-hydrogen) atoms. The molecule has 0 aliphatic carbocycles. The van der Waals surface area contributed by atoms with Crippen LogP contribution in [0.2, 0.25) is 0 Å². The van der Waals surface area contributed by atoms with E-state index in [1.807, 2.05) is 22.6 Å². The van der Waals surface area contributed by atoms with E-state index in [9.17, 15) is 14.7 Å². The molecule has 0 bridgehead atoms. The molecule has 0 fully saturated rings. The predicted octanol–water partition coefficient (Wildman–Crippen LogP) is 2.09. The van der Waals surface area contributed by atoms with Gasteiger partial charge < -0.3 is 10.4 Å². The summed E-state index contributed by atoms with van der Waals surface area (Å²) in [7, 11) is 0. The highest BCUT2D eigenvalue weighted by molar-refractivity contribution is 14.1. The molecule has 1 amide bonds. The molecule has 1 atom stereocenters. The number of hydrogen-bond donors (Lipinski definition) is 2. The van der Waals surface area contributed by atoms with Crippen LogP contribution in [0.5, 0.6) is 5.75 Å². The van der Waals surface area contributed by atoms with Crippen LogP contribution in [0.25, 0.3) is 0 Å². The molecule has 0 aliphatic heterocycles. The van der Waals surface area contributed by atoms with Crippen molar-refractivity contribution in [2.45, 2.75) is 26.3 Å². The van der Waals surface area contributed by atoms with Crippen LogP contribution in [-0.2, 0) is 4.79 Å². The number of amides is 1. The number of halogens is 1. The molecule has 0 aromatic heterocycles. The fourth-order valence-corrected chi connectivity index (χ4v) is 1.66. The first-order valence-corrected chi connectivity index (χ1v) is 6.35. The van der Waals surface area contributed by atoms with Gasteiger partial charge in [0.15, 0.2) is 5.78 Å². The number of nitrogens with one attached hydrogen (secondary N) is 1. The van der Waals surface area contributed by atoms with E-state index in [1.54, 1.807) is 26.0 Å². The van der Waals surface area contributed by atoms with Crippen molar-refractivity contribution in [1.29, 1.82) is 0 Å². The van der Waals surface area contributed by atoms with Crippen molar-refractivity contribution in [2.75, 3.05) is 0 Å². The zero-order chi connectivity index (χ0) is 13.0. The van der Waals surface area contributed by atoms with Crippen molar-refractivity contribution in [3.8, 4) is 5.75 Å². The molecule has 5 heteroatoms. The van der Waals surface area contributed by atoms with Crippen LogP contribution in [0, 0.1) is 3.57 Å². The lowest BCUT2D eigenvalue weighted by molar-refractivity contribution is -0.120. The highest BCUT2D eigenvalue weighted by Gasteiger charge is 2.15. The fourth-order valence-electron chi connectivity index (χ4n) is 1.32. The van der Waals surface area contributed by atoms with Gasteiger partial charge in [0.25, 0.3) is 5.91 Å². The Balaban J connectivity index is 2.76. The molecular weight excluding hydrogens is 333 g/mol. The average Bonchev–Trinajstić information content (AvgIpc) is 2.31. The van der Waals surface area contributed by atoms with Gasteiger partial charge in [0, 0.05) is 12.0 Å². The summed E-state index contributed by atoms with van der Waals surface area (Å²) in [4.78, 5) is 23.1. The van der Waals surface area contributed by atoms with Crippen LogP contribution in [-0.4, -0.2) is 22.8 Å². The van der Waals surface area contributed by atoms with Crippen LogP contribution in [0.1, 0.15) is 30.6 Å². The standard InChI is InChI=1S/C12H14INO3/c1-3-10(15)7(2)14-12(17)8-4-5-9(13)11(16)6-8/h4-7,16H,3H2,1-2H3,(H,14,17). The molecule has 1 aromatic rings. The summed E-state index contributed by atoms with van der Waals surface area (Å²) in [5.41, 5.74) is 0.346. The van der Waals surface area contributed by atoms with Crippen LogP contribution >= 0.6 is 22.6 Å². The number of phenolic OH excluding ortho intramolecular Hbond substituents is 1. The molecule has 1 aromatic carbocycles. The van der Waals surface area contributed by atoms with Gasteiger partial charge in [-0.1, -0.05) is 6.92 Å². The second-order valence-corrected chi connectivity index (χ2v) is 4.84. The van der Waals surface area contributed by atoms with Crippen molar-refractivity contribution in [3.63, 3.8) is 0 Å². The molecule has 4 nitrogen and oxygen atoms in total. The number of hydrogen-bond acceptors (Lipinski definition) is 3. The Morgan fingerprint density at radius 1 is 1.47 bits per heavy atom. The number of carbonyl (C=O) groups excluding carboxylic acids is 2. The summed E-state index contributed by atoms with van der Waals surface area (Å²) in [6.45, 7) is 3.40. The van der Waals surface area contributed by atoms with Gasteiger partial charge >= 0.3 is 0 Å². The molecule has 0 radical (unpaired) electrons. The topological polar surface area (TPSA) is 66.4 Å². The smallest absolute Gasteiger partial charge is 0.251 e. The molecule has 92 valence electrons. The number of ketones is 1. The lowest BCUT2D eigenvalue weighted by Gasteiger charge is -2.12. The van der Waals surface area contributed by atoms with Gasteiger partial charge in [0.2, 0.25) is 0 Å². The van der Waals surface area contributed by atoms with Crippen molar-refractivity contribution in [2.24, 2.45) is 0 Å². The van der Waals surface area contributed by atoms with Crippen molar-refractivity contribution in [1.82, 2.24) is 5.32 Å². The fraction of sp³-hybridized carbons (Fsp3) is 0.333. The molecule has 1 rings (SSSR count). The number of benzene rings is 1. The summed E-state index contributed by atoms with van der Waals surface area (Å²) in [5.74, 6) is -0.313. The van der Waals surface area contributed by atoms with Gasteiger partial charge in [0.05, 0.1) is 9.61 Å². The van der Waals surface area contributed by atoms with E-state index >= 15 is 0 Å². The van der Waals surface area contributed by atoms with Gasteiger partial charge in [-0.25, -0.2) is 0 Å². The second-order valence-electron chi connectivity index (χ2n) is 3.68. The van der Waals surface area contributed by atoms with E-state index in [2.05, 4.69) is 5.32 Å². The van der Waals surface area contributed by atoms with E-state index in [-0.39, 0.29) is 17.4 Å². The SMILES string of the molecule is CCC(=O)C(C)NC(=O)c1ccc(I)c(O)c1. The number of rotatable bonds is 4. The quantitative estimate of drug-likeness (QED) is 0.820. The minimum atomic E-state index is -0.506. The molecule has 0 aliphatic rings. The van der Waals surface area contributed by atoms with Gasteiger partial charge in [-0.05, 0) is 47.7 Å². The minimum absolute atomic E-state index is 0.0203. The van der Waals surface area contributed by atoms with Crippen LogP contribution in [0.3, 0.4) is 0 Å². The molecule has 0 saturated carbocycles. The van der Waals surface area contributed by atoms with E-state index in [4.69, 9.17) is 0 Å². The Morgan fingerprint density at radius 3 is 2.65 bits per heavy atom. The Labute approximate surface area is 114 Å². The maximum Gasteiger partial charge on any atom is 0.251 e. The van der Waals surface area contributed by atoms with Crippen LogP contribution in [0.4, 0.5) is 0 Å². The highest BCUT2D eigenvalue weighted by Crippen LogP contribution is 2.20. The van der Waals surface area contributed by atoms with E-state index in [0.29, 0.717) is 15.6 Å². The van der Waals surface area contributed by atoms with Gasteiger partial charge in [-0.15, -0.1) is 0 Å². The molecular formula is C12H14INO3. The first-order valence-electron chi connectivity index (χ1n) is 5.27. The second kappa shape index (κ2) is 6.00. The van der Waals surface area contributed by atoms with Crippen molar-refractivity contribution < 1.29 is 14.7 Å². The van der Waals surface area contributed by atoms with E-state index < -0.39 is 6.04 Å². The van der Waals surface area contributed by atoms with Crippen molar-refractivity contribution in [3.05, 3.63) is 27.3 Å². The molecule has 0 saturated heterocycles. The Morgan fingerprint density at radius 2 is 2.12 bits per heavy atom. The van der Waals surface area contributed by atoms with E-state index in [0.717, 1.165) is 0 Å². The summed E-state index contributed by atoms with van der Waals surface area (Å²) in [6, 6.07) is 4.14. The minimum Gasteiger partial charge on any atom is -0.507 e. The Kier molecular flexibility index (Phi) is 4.92.